The van der Waals surface area contributed by atoms with Crippen LogP contribution in [0.2, 0.25) is 0 Å². The van der Waals surface area contributed by atoms with Gasteiger partial charge < -0.3 is 4.74 Å². The first-order valence-corrected chi connectivity index (χ1v) is 6.53. The summed E-state index contributed by atoms with van der Waals surface area (Å²) in [5.74, 6) is -0.0125. The second-order valence-corrected chi connectivity index (χ2v) is 4.35. The van der Waals surface area contributed by atoms with Gasteiger partial charge in [-0.05, 0) is 26.0 Å². The summed E-state index contributed by atoms with van der Waals surface area (Å²) in [6.45, 7) is 3.77. The van der Waals surface area contributed by atoms with Gasteiger partial charge >= 0.3 is 5.97 Å². The third-order valence-corrected chi connectivity index (χ3v) is 2.64. The van der Waals surface area contributed by atoms with E-state index in [2.05, 4.69) is 15.5 Å². The highest BCUT2D eigenvalue weighted by molar-refractivity contribution is 5.97. The minimum Gasteiger partial charge on any atom is -0.466 e. The maximum atomic E-state index is 11.9. The quantitative estimate of drug-likeness (QED) is 0.511. The number of aromatic nitrogens is 2. The lowest BCUT2D eigenvalue weighted by atomic mass is 10.3. The van der Waals surface area contributed by atoms with Gasteiger partial charge in [-0.25, -0.2) is 4.98 Å². The number of anilines is 1. The molecule has 0 aliphatic heterocycles. The fourth-order valence-corrected chi connectivity index (χ4v) is 1.72. The Labute approximate surface area is 121 Å². The van der Waals surface area contributed by atoms with E-state index in [1.54, 1.807) is 38.2 Å². The molecule has 2 heterocycles. The lowest BCUT2D eigenvalue weighted by molar-refractivity contribution is -0.141. The summed E-state index contributed by atoms with van der Waals surface area (Å²) in [5, 5.41) is 4.02. The zero-order valence-corrected chi connectivity index (χ0v) is 11.9. The highest BCUT2D eigenvalue weighted by Crippen LogP contribution is 2.03. The molecule has 0 unspecified atom stereocenters. The number of nitrogens with zero attached hydrogens (tertiary/aromatic N) is 3. The lowest BCUT2D eigenvalue weighted by Crippen LogP contribution is -2.15. The van der Waals surface area contributed by atoms with Gasteiger partial charge in [-0.15, -0.1) is 0 Å². The number of hydrogen-bond donors (Lipinski definition) is 1. The van der Waals surface area contributed by atoms with Crippen LogP contribution in [0.5, 0.6) is 0 Å². The number of fused-ring (bicyclic) bond motifs is 1. The van der Waals surface area contributed by atoms with Crippen molar-refractivity contribution in [1.29, 1.82) is 0 Å². The second-order valence-electron chi connectivity index (χ2n) is 4.35. The van der Waals surface area contributed by atoms with Crippen LogP contribution in [0.4, 0.5) is 5.82 Å². The maximum Gasteiger partial charge on any atom is 0.311 e. The normalized spacial score (nSPS) is 11.4. The molecule has 0 spiro atoms. The molecule has 0 atom stereocenters. The topological polar surface area (TPSA) is 85.1 Å². The van der Waals surface area contributed by atoms with E-state index in [1.165, 1.54) is 10.5 Å². The van der Waals surface area contributed by atoms with Gasteiger partial charge in [-0.3, -0.25) is 19.4 Å². The zero-order valence-electron chi connectivity index (χ0n) is 11.9. The molecule has 0 saturated carbocycles. The molecule has 1 N–H and O–H groups in total. The van der Waals surface area contributed by atoms with Crippen LogP contribution in [-0.2, 0) is 9.53 Å². The number of hydrazone groups is 1. The molecule has 2 aromatic rings. The Bertz CT molecular complexity index is 736. The average Bonchev–Trinajstić information content (AvgIpc) is 2.45. The van der Waals surface area contributed by atoms with Crippen LogP contribution in [0.25, 0.3) is 5.65 Å². The fraction of sp³-hybridized carbons (Fsp3) is 0.286. The van der Waals surface area contributed by atoms with Gasteiger partial charge in [0.05, 0.1) is 13.0 Å². The molecule has 0 radical (unpaired) electrons. The van der Waals surface area contributed by atoms with Crippen molar-refractivity contribution in [2.75, 3.05) is 12.0 Å². The standard InChI is InChI=1S/C14H16N4O3/c1-3-21-14(20)8-10(2)16-17-11-9-13(19)18-7-5-4-6-12(18)15-11/h4-7,9,17H,3,8H2,1-2H3/b16-10-. The summed E-state index contributed by atoms with van der Waals surface area (Å²) in [5.41, 5.74) is 3.54. The minimum absolute atomic E-state index is 0.0907. The molecule has 0 aromatic carbocycles. The van der Waals surface area contributed by atoms with Crippen LogP contribution in [0.15, 0.2) is 40.4 Å². The van der Waals surface area contributed by atoms with Gasteiger partial charge in [0.25, 0.3) is 5.56 Å². The Morgan fingerprint density at radius 1 is 1.48 bits per heavy atom. The van der Waals surface area contributed by atoms with Crippen LogP contribution < -0.4 is 11.0 Å². The molecule has 2 rings (SSSR count). The number of rotatable bonds is 5. The summed E-state index contributed by atoms with van der Waals surface area (Å²) < 4.78 is 6.26. The minimum atomic E-state index is -0.341. The van der Waals surface area contributed by atoms with Gasteiger partial charge in [0.1, 0.15) is 5.65 Å². The first-order chi connectivity index (χ1) is 10.1. The summed E-state index contributed by atoms with van der Waals surface area (Å²) in [7, 11) is 0. The second kappa shape index (κ2) is 6.65. The summed E-state index contributed by atoms with van der Waals surface area (Å²) >= 11 is 0. The van der Waals surface area contributed by atoms with Crippen molar-refractivity contribution in [2.24, 2.45) is 5.10 Å². The van der Waals surface area contributed by atoms with Gasteiger partial charge in [0, 0.05) is 18.0 Å². The molecular weight excluding hydrogens is 272 g/mol. The number of nitrogens with one attached hydrogen (secondary N) is 1. The van der Waals surface area contributed by atoms with E-state index in [9.17, 15) is 9.59 Å². The molecule has 0 saturated heterocycles. The third kappa shape index (κ3) is 3.88. The maximum absolute atomic E-state index is 11.9. The first kappa shape index (κ1) is 14.7. The van der Waals surface area contributed by atoms with E-state index in [4.69, 9.17) is 4.74 Å². The Morgan fingerprint density at radius 2 is 2.29 bits per heavy atom. The number of carbonyl (C=O) groups excluding carboxylic acids is 1. The zero-order chi connectivity index (χ0) is 15.2. The summed E-state index contributed by atoms with van der Waals surface area (Å²) in [6.07, 6.45) is 1.73. The largest absolute Gasteiger partial charge is 0.466 e. The highest BCUT2D eigenvalue weighted by Gasteiger charge is 2.05. The van der Waals surface area contributed by atoms with E-state index < -0.39 is 0 Å². The molecule has 7 nitrogen and oxygen atoms in total. The van der Waals surface area contributed by atoms with Crippen molar-refractivity contribution in [1.82, 2.24) is 9.38 Å². The van der Waals surface area contributed by atoms with E-state index in [0.717, 1.165) is 0 Å². The molecule has 7 heteroatoms. The first-order valence-electron chi connectivity index (χ1n) is 6.53. The lowest BCUT2D eigenvalue weighted by Gasteiger charge is -2.04. The van der Waals surface area contributed by atoms with E-state index in [1.807, 2.05) is 0 Å². The molecule has 0 amide bonds. The monoisotopic (exact) mass is 288 g/mol. The Balaban J connectivity index is 2.13. The summed E-state index contributed by atoms with van der Waals surface area (Å²) in [6, 6.07) is 6.61. The highest BCUT2D eigenvalue weighted by atomic mass is 16.5. The van der Waals surface area contributed by atoms with Crippen molar-refractivity contribution in [3.8, 4) is 0 Å². The van der Waals surface area contributed by atoms with Gasteiger partial charge in [-0.1, -0.05) is 6.07 Å². The fourth-order valence-electron chi connectivity index (χ4n) is 1.72. The molecule has 0 fully saturated rings. The van der Waals surface area contributed by atoms with Crippen LogP contribution in [0.3, 0.4) is 0 Å². The molecular formula is C14H16N4O3. The van der Waals surface area contributed by atoms with Gasteiger partial charge in [-0.2, -0.15) is 5.10 Å². The number of hydrogen-bond acceptors (Lipinski definition) is 6. The van der Waals surface area contributed by atoms with Crippen LogP contribution in [0, 0.1) is 0 Å². The number of pyridine rings is 1. The molecule has 21 heavy (non-hydrogen) atoms. The number of esters is 1. The number of carbonyl (C=O) groups is 1. The smallest absolute Gasteiger partial charge is 0.311 e. The molecule has 0 bridgehead atoms. The predicted molar refractivity (Wildman–Crippen MR) is 79.4 cm³/mol. The van der Waals surface area contributed by atoms with Crippen LogP contribution >= 0.6 is 0 Å². The van der Waals surface area contributed by atoms with Gasteiger partial charge in [0.2, 0.25) is 0 Å². The van der Waals surface area contributed by atoms with Crippen LogP contribution in [-0.4, -0.2) is 27.7 Å². The van der Waals surface area contributed by atoms with Crippen molar-refractivity contribution in [2.45, 2.75) is 20.3 Å². The average molecular weight is 288 g/mol. The Hall–Kier alpha value is -2.70. The van der Waals surface area contributed by atoms with E-state index in [0.29, 0.717) is 23.8 Å². The third-order valence-electron chi connectivity index (χ3n) is 2.64. The van der Waals surface area contributed by atoms with Crippen molar-refractivity contribution in [3.05, 3.63) is 40.8 Å². The van der Waals surface area contributed by atoms with E-state index in [-0.39, 0.29) is 17.9 Å². The molecule has 110 valence electrons. The van der Waals surface area contributed by atoms with E-state index >= 15 is 0 Å². The number of ether oxygens (including phenoxy) is 1. The Kier molecular flexibility index (Phi) is 4.65. The van der Waals surface area contributed by atoms with Gasteiger partial charge in [0.15, 0.2) is 5.82 Å². The summed E-state index contributed by atoms with van der Waals surface area (Å²) in [4.78, 5) is 27.4. The van der Waals surface area contributed by atoms with Crippen LogP contribution in [0.1, 0.15) is 20.3 Å². The van der Waals surface area contributed by atoms with Crippen molar-refractivity contribution in [3.63, 3.8) is 0 Å². The molecule has 0 aliphatic carbocycles. The molecule has 0 aliphatic rings. The Morgan fingerprint density at radius 3 is 3.05 bits per heavy atom. The van der Waals surface area contributed by atoms with Crippen molar-refractivity contribution < 1.29 is 9.53 Å². The SMILES string of the molecule is CCOC(=O)C/C(C)=N\Nc1cc(=O)n2ccccc2n1. The predicted octanol–water partition coefficient (Wildman–Crippen LogP) is 1.44. The van der Waals surface area contributed by atoms with Crippen molar-refractivity contribution >= 4 is 23.1 Å². The molecule has 2 aromatic heterocycles.